The quantitative estimate of drug-likeness (QED) is 0.737. The van der Waals surface area contributed by atoms with Crippen molar-refractivity contribution < 1.29 is 9.47 Å². The van der Waals surface area contributed by atoms with Crippen LogP contribution in [-0.2, 0) is 4.74 Å². The molecule has 5 heteroatoms. The van der Waals surface area contributed by atoms with Gasteiger partial charge in [-0.2, -0.15) is 0 Å². The lowest BCUT2D eigenvalue weighted by Gasteiger charge is -2.26. The van der Waals surface area contributed by atoms with E-state index >= 15 is 0 Å². The van der Waals surface area contributed by atoms with Crippen molar-refractivity contribution in [2.24, 2.45) is 0 Å². The van der Waals surface area contributed by atoms with E-state index in [1.54, 1.807) is 0 Å². The highest BCUT2D eigenvalue weighted by molar-refractivity contribution is 6.30. The highest BCUT2D eigenvalue weighted by Gasteiger charge is 2.27. The third kappa shape index (κ3) is 3.60. The Morgan fingerprint density at radius 3 is 2.52 bits per heavy atom. The molecule has 25 heavy (non-hydrogen) atoms. The van der Waals surface area contributed by atoms with Crippen LogP contribution in [0, 0.1) is 27.7 Å². The van der Waals surface area contributed by atoms with Gasteiger partial charge >= 0.3 is 0 Å². The van der Waals surface area contributed by atoms with Crippen LogP contribution >= 0.6 is 11.6 Å². The Bertz CT molecular complexity index is 769. The summed E-state index contributed by atoms with van der Waals surface area (Å²) >= 11 is 6.13. The van der Waals surface area contributed by atoms with E-state index in [2.05, 4.69) is 29.8 Å². The smallest absolute Gasteiger partial charge is 0.224 e. The fourth-order valence-electron chi connectivity index (χ4n) is 3.33. The van der Waals surface area contributed by atoms with Gasteiger partial charge < -0.3 is 14.4 Å². The summed E-state index contributed by atoms with van der Waals surface area (Å²) in [7, 11) is 0. The first-order valence-corrected chi connectivity index (χ1v) is 9.05. The average molecular weight is 361 g/mol. The number of aryl methyl sites for hydroxylation is 3. The topological polar surface area (TPSA) is 34.6 Å². The van der Waals surface area contributed by atoms with Gasteiger partial charge in [0.05, 0.1) is 12.6 Å². The average Bonchev–Trinajstić information content (AvgIpc) is 3.01. The predicted molar refractivity (Wildman–Crippen MR) is 102 cm³/mol. The Hall–Kier alpha value is -1.78. The van der Waals surface area contributed by atoms with E-state index in [-0.39, 0.29) is 0 Å². The highest BCUT2D eigenvalue weighted by Crippen LogP contribution is 2.36. The summed E-state index contributed by atoms with van der Waals surface area (Å²) in [5, 5.41) is 0.719. The number of nitrogens with zero attached hydrogens (tertiary/aromatic N) is 2. The van der Waals surface area contributed by atoms with Crippen LogP contribution in [0.25, 0.3) is 0 Å². The molecule has 1 unspecified atom stereocenters. The summed E-state index contributed by atoms with van der Waals surface area (Å²) in [6.45, 7) is 11.6. The van der Waals surface area contributed by atoms with E-state index in [1.807, 2.05) is 32.9 Å². The summed E-state index contributed by atoms with van der Waals surface area (Å²) in [6, 6.07) is 6.34. The maximum atomic E-state index is 6.24. The third-order valence-corrected chi connectivity index (χ3v) is 4.93. The van der Waals surface area contributed by atoms with Gasteiger partial charge in [0.1, 0.15) is 12.5 Å². The Morgan fingerprint density at radius 2 is 1.88 bits per heavy atom. The molecule has 1 saturated heterocycles. The van der Waals surface area contributed by atoms with E-state index in [0.29, 0.717) is 18.7 Å². The Balaban J connectivity index is 2.01. The van der Waals surface area contributed by atoms with Crippen molar-refractivity contribution >= 4 is 17.3 Å². The van der Waals surface area contributed by atoms with E-state index in [1.165, 1.54) is 0 Å². The van der Waals surface area contributed by atoms with Crippen molar-refractivity contribution in [1.29, 1.82) is 0 Å². The molecular formula is C20H25ClN2O2. The standard InChI is InChI=1S/C20H25ClN2O2/c1-6-17-10-24-11-23(17)18-9-14(4)22-20(15(18)5)25-19-12(2)7-16(21)8-13(19)3/h7-9,17H,6,10-11H2,1-5H3. The van der Waals surface area contributed by atoms with Crippen LogP contribution in [0.1, 0.15) is 35.7 Å². The maximum absolute atomic E-state index is 6.24. The molecule has 0 spiro atoms. The molecule has 3 rings (SSSR count). The molecule has 2 heterocycles. The van der Waals surface area contributed by atoms with Gasteiger partial charge in [0.15, 0.2) is 0 Å². The van der Waals surface area contributed by atoms with Crippen molar-refractivity contribution in [3.63, 3.8) is 0 Å². The van der Waals surface area contributed by atoms with Crippen LogP contribution in [-0.4, -0.2) is 24.4 Å². The molecule has 0 amide bonds. The Kier molecular flexibility index (Phi) is 5.21. The number of hydrogen-bond donors (Lipinski definition) is 0. The molecule has 0 radical (unpaired) electrons. The maximum Gasteiger partial charge on any atom is 0.224 e. The van der Waals surface area contributed by atoms with Gasteiger partial charge in [0.2, 0.25) is 5.88 Å². The Morgan fingerprint density at radius 1 is 1.20 bits per heavy atom. The normalized spacial score (nSPS) is 17.2. The van der Waals surface area contributed by atoms with Gasteiger partial charge in [-0.15, -0.1) is 0 Å². The number of halogens is 1. The number of rotatable bonds is 4. The minimum absolute atomic E-state index is 0.396. The highest BCUT2D eigenvalue weighted by atomic mass is 35.5. The molecule has 0 N–H and O–H groups in total. The summed E-state index contributed by atoms with van der Waals surface area (Å²) < 4.78 is 11.9. The van der Waals surface area contributed by atoms with Gasteiger partial charge in [0, 0.05) is 22.0 Å². The minimum Gasteiger partial charge on any atom is -0.438 e. The monoisotopic (exact) mass is 360 g/mol. The SMILES string of the molecule is CCC1COCN1c1cc(C)nc(Oc2c(C)cc(Cl)cc2C)c1C. The van der Waals surface area contributed by atoms with Gasteiger partial charge in [-0.25, -0.2) is 4.98 Å². The van der Waals surface area contributed by atoms with Crippen molar-refractivity contribution in [3.05, 3.63) is 45.6 Å². The number of ether oxygens (including phenoxy) is 2. The lowest BCUT2D eigenvalue weighted by Crippen LogP contribution is -2.30. The second-order valence-electron chi connectivity index (χ2n) is 6.72. The summed E-state index contributed by atoms with van der Waals surface area (Å²) in [5.74, 6) is 1.46. The molecule has 1 atom stereocenters. The van der Waals surface area contributed by atoms with Crippen LogP contribution in [0.15, 0.2) is 18.2 Å². The van der Waals surface area contributed by atoms with Gasteiger partial charge in [-0.05, 0) is 63.4 Å². The molecule has 1 fully saturated rings. The molecule has 4 nitrogen and oxygen atoms in total. The minimum atomic E-state index is 0.396. The zero-order valence-corrected chi connectivity index (χ0v) is 16.3. The lowest BCUT2D eigenvalue weighted by atomic mass is 10.1. The summed E-state index contributed by atoms with van der Waals surface area (Å²) in [4.78, 5) is 6.94. The van der Waals surface area contributed by atoms with E-state index in [0.717, 1.165) is 51.9 Å². The zero-order valence-electron chi connectivity index (χ0n) is 15.5. The van der Waals surface area contributed by atoms with Crippen molar-refractivity contribution in [3.8, 4) is 11.6 Å². The van der Waals surface area contributed by atoms with Crippen LogP contribution in [0.4, 0.5) is 5.69 Å². The lowest BCUT2D eigenvalue weighted by molar-refractivity contribution is 0.193. The molecule has 1 aromatic heterocycles. The van der Waals surface area contributed by atoms with Crippen molar-refractivity contribution in [2.45, 2.75) is 47.1 Å². The van der Waals surface area contributed by atoms with Crippen molar-refractivity contribution in [2.75, 3.05) is 18.2 Å². The number of hydrogen-bond acceptors (Lipinski definition) is 4. The fourth-order valence-corrected chi connectivity index (χ4v) is 3.66. The summed E-state index contributed by atoms with van der Waals surface area (Å²) in [5.41, 5.74) is 5.11. The van der Waals surface area contributed by atoms with Crippen molar-refractivity contribution in [1.82, 2.24) is 4.98 Å². The Labute approximate surface area is 154 Å². The first-order chi connectivity index (χ1) is 11.9. The molecule has 1 aliphatic heterocycles. The summed E-state index contributed by atoms with van der Waals surface area (Å²) in [6.07, 6.45) is 1.05. The van der Waals surface area contributed by atoms with E-state index < -0.39 is 0 Å². The first kappa shape index (κ1) is 18.0. The van der Waals surface area contributed by atoms with Crippen LogP contribution in [0.5, 0.6) is 11.6 Å². The second kappa shape index (κ2) is 7.22. The van der Waals surface area contributed by atoms with Crippen LogP contribution in [0.3, 0.4) is 0 Å². The largest absolute Gasteiger partial charge is 0.438 e. The third-order valence-electron chi connectivity index (χ3n) is 4.71. The number of pyridine rings is 1. The zero-order chi connectivity index (χ0) is 18.1. The molecule has 0 bridgehead atoms. The number of aromatic nitrogens is 1. The molecule has 0 saturated carbocycles. The molecular weight excluding hydrogens is 336 g/mol. The number of benzene rings is 1. The van der Waals surface area contributed by atoms with E-state index in [4.69, 9.17) is 21.1 Å². The van der Waals surface area contributed by atoms with Crippen LogP contribution < -0.4 is 9.64 Å². The van der Waals surface area contributed by atoms with Crippen LogP contribution in [0.2, 0.25) is 5.02 Å². The van der Waals surface area contributed by atoms with E-state index in [9.17, 15) is 0 Å². The molecule has 0 aliphatic carbocycles. The molecule has 1 aromatic carbocycles. The predicted octanol–water partition coefficient (Wildman–Crippen LogP) is 5.33. The van der Waals surface area contributed by atoms with Gasteiger partial charge in [-0.1, -0.05) is 18.5 Å². The first-order valence-electron chi connectivity index (χ1n) is 8.68. The molecule has 134 valence electrons. The fraction of sp³-hybridized carbons (Fsp3) is 0.450. The molecule has 1 aliphatic rings. The number of anilines is 1. The molecule has 2 aromatic rings. The van der Waals surface area contributed by atoms with Gasteiger partial charge in [-0.3, -0.25) is 0 Å². The second-order valence-corrected chi connectivity index (χ2v) is 7.15. The van der Waals surface area contributed by atoms with Gasteiger partial charge in [0.25, 0.3) is 0 Å².